The van der Waals surface area contributed by atoms with Crippen molar-refractivity contribution in [1.29, 1.82) is 0 Å². The van der Waals surface area contributed by atoms with Gasteiger partial charge in [0.15, 0.2) is 0 Å². The van der Waals surface area contributed by atoms with E-state index < -0.39 is 0 Å². The van der Waals surface area contributed by atoms with Gasteiger partial charge in [0.25, 0.3) is 0 Å². The molecule has 0 aromatic carbocycles. The standard InChI is InChI=1S/C13H27N3O/c1-11(13(17)15(2)3)16(10-6-9-14)12-7-4-5-8-12/h11-12H,4-10,14H2,1-3H3. The number of nitrogens with zero attached hydrogens (tertiary/aromatic N) is 2. The number of carbonyl (C=O) groups excluding carboxylic acids is 1. The molecule has 1 aliphatic rings. The quantitative estimate of drug-likeness (QED) is 0.756. The van der Waals surface area contributed by atoms with E-state index >= 15 is 0 Å². The summed E-state index contributed by atoms with van der Waals surface area (Å²) < 4.78 is 0. The van der Waals surface area contributed by atoms with Crippen molar-refractivity contribution in [3.05, 3.63) is 0 Å². The van der Waals surface area contributed by atoms with Crippen molar-refractivity contribution >= 4 is 5.91 Å². The maximum Gasteiger partial charge on any atom is 0.239 e. The fraction of sp³-hybridized carbons (Fsp3) is 0.923. The van der Waals surface area contributed by atoms with Crippen molar-refractivity contribution in [2.24, 2.45) is 5.73 Å². The van der Waals surface area contributed by atoms with Crippen LogP contribution < -0.4 is 5.73 Å². The number of likely N-dealkylation sites (N-methyl/N-ethyl adjacent to an activating group) is 1. The molecule has 0 radical (unpaired) electrons. The molecule has 1 atom stereocenters. The van der Waals surface area contributed by atoms with E-state index in [-0.39, 0.29) is 11.9 Å². The molecule has 1 aliphatic carbocycles. The third-order valence-corrected chi connectivity index (χ3v) is 3.71. The molecular weight excluding hydrogens is 214 g/mol. The van der Waals surface area contributed by atoms with E-state index in [1.54, 1.807) is 4.90 Å². The molecule has 0 aromatic heterocycles. The molecule has 0 saturated heterocycles. The molecule has 1 rings (SSSR count). The number of hydrogen-bond acceptors (Lipinski definition) is 3. The van der Waals surface area contributed by atoms with Gasteiger partial charge in [-0.25, -0.2) is 0 Å². The molecule has 100 valence electrons. The predicted octanol–water partition coefficient (Wildman–Crippen LogP) is 1.06. The summed E-state index contributed by atoms with van der Waals surface area (Å²) in [4.78, 5) is 16.1. The van der Waals surface area contributed by atoms with Crippen LogP contribution in [0.2, 0.25) is 0 Å². The lowest BCUT2D eigenvalue weighted by Gasteiger charge is -2.34. The van der Waals surface area contributed by atoms with E-state index in [9.17, 15) is 4.79 Å². The van der Waals surface area contributed by atoms with Gasteiger partial charge in [-0.3, -0.25) is 9.69 Å². The Balaban J connectivity index is 2.63. The summed E-state index contributed by atoms with van der Waals surface area (Å²) in [5.41, 5.74) is 5.59. The molecule has 1 saturated carbocycles. The zero-order valence-electron chi connectivity index (χ0n) is 11.5. The van der Waals surface area contributed by atoms with Crippen LogP contribution in [0, 0.1) is 0 Å². The van der Waals surface area contributed by atoms with E-state index in [1.165, 1.54) is 25.7 Å². The molecular formula is C13H27N3O. The van der Waals surface area contributed by atoms with Crippen LogP contribution in [-0.4, -0.2) is 55.0 Å². The molecule has 0 heterocycles. The number of carbonyl (C=O) groups is 1. The summed E-state index contributed by atoms with van der Waals surface area (Å²) in [6.07, 6.45) is 6.03. The summed E-state index contributed by atoms with van der Waals surface area (Å²) in [7, 11) is 3.66. The number of hydrogen-bond donors (Lipinski definition) is 1. The Morgan fingerprint density at radius 1 is 1.35 bits per heavy atom. The number of amides is 1. The van der Waals surface area contributed by atoms with E-state index in [1.807, 2.05) is 21.0 Å². The fourth-order valence-electron chi connectivity index (χ4n) is 2.72. The van der Waals surface area contributed by atoms with Gasteiger partial charge in [-0.1, -0.05) is 12.8 Å². The van der Waals surface area contributed by atoms with Gasteiger partial charge >= 0.3 is 0 Å². The minimum atomic E-state index is -0.0142. The topological polar surface area (TPSA) is 49.6 Å². The Bertz CT molecular complexity index is 237. The van der Waals surface area contributed by atoms with Gasteiger partial charge in [0.1, 0.15) is 0 Å². The lowest BCUT2D eigenvalue weighted by Crippen LogP contribution is -2.49. The van der Waals surface area contributed by atoms with E-state index in [4.69, 9.17) is 5.73 Å². The lowest BCUT2D eigenvalue weighted by molar-refractivity contribution is -0.134. The Morgan fingerprint density at radius 2 is 1.94 bits per heavy atom. The highest BCUT2D eigenvalue weighted by molar-refractivity contribution is 5.81. The second kappa shape index (κ2) is 6.97. The highest BCUT2D eigenvalue weighted by Crippen LogP contribution is 2.25. The minimum Gasteiger partial charge on any atom is -0.347 e. The van der Waals surface area contributed by atoms with Crippen LogP contribution in [0.1, 0.15) is 39.0 Å². The Hall–Kier alpha value is -0.610. The second-order valence-corrected chi connectivity index (χ2v) is 5.23. The maximum absolute atomic E-state index is 12.1. The molecule has 4 heteroatoms. The first-order valence-electron chi connectivity index (χ1n) is 6.75. The van der Waals surface area contributed by atoms with Gasteiger partial charge in [-0.05, 0) is 32.7 Å². The molecule has 1 amide bonds. The van der Waals surface area contributed by atoms with Gasteiger partial charge in [-0.2, -0.15) is 0 Å². The van der Waals surface area contributed by atoms with Gasteiger partial charge < -0.3 is 10.6 Å². The first-order valence-corrected chi connectivity index (χ1v) is 6.75. The highest BCUT2D eigenvalue weighted by atomic mass is 16.2. The normalized spacial score (nSPS) is 18.6. The zero-order valence-corrected chi connectivity index (χ0v) is 11.5. The van der Waals surface area contributed by atoms with Crippen LogP contribution in [-0.2, 0) is 4.79 Å². The first kappa shape index (κ1) is 14.5. The largest absolute Gasteiger partial charge is 0.347 e. The van der Waals surface area contributed by atoms with Crippen molar-refractivity contribution in [2.75, 3.05) is 27.2 Å². The van der Waals surface area contributed by atoms with Crippen LogP contribution >= 0.6 is 0 Å². The van der Waals surface area contributed by atoms with Crippen LogP contribution in [0.3, 0.4) is 0 Å². The molecule has 0 bridgehead atoms. The highest BCUT2D eigenvalue weighted by Gasteiger charge is 2.30. The summed E-state index contributed by atoms with van der Waals surface area (Å²) >= 11 is 0. The van der Waals surface area contributed by atoms with Crippen molar-refractivity contribution in [3.63, 3.8) is 0 Å². The maximum atomic E-state index is 12.1. The summed E-state index contributed by atoms with van der Waals surface area (Å²) in [5.74, 6) is 0.203. The van der Waals surface area contributed by atoms with Crippen molar-refractivity contribution in [3.8, 4) is 0 Å². The molecule has 1 fully saturated rings. The number of rotatable bonds is 6. The van der Waals surface area contributed by atoms with Crippen molar-refractivity contribution in [1.82, 2.24) is 9.80 Å². The first-order chi connectivity index (χ1) is 8.07. The van der Waals surface area contributed by atoms with Crippen LogP contribution in [0.4, 0.5) is 0 Å². The molecule has 17 heavy (non-hydrogen) atoms. The van der Waals surface area contributed by atoms with Crippen LogP contribution in [0.5, 0.6) is 0 Å². The second-order valence-electron chi connectivity index (χ2n) is 5.23. The van der Waals surface area contributed by atoms with E-state index in [2.05, 4.69) is 4.90 Å². The molecule has 0 aromatic rings. The van der Waals surface area contributed by atoms with Crippen LogP contribution in [0.25, 0.3) is 0 Å². The van der Waals surface area contributed by atoms with Gasteiger partial charge in [0.05, 0.1) is 6.04 Å². The molecule has 2 N–H and O–H groups in total. The molecule has 0 spiro atoms. The summed E-state index contributed by atoms with van der Waals surface area (Å²) in [6.45, 7) is 3.67. The van der Waals surface area contributed by atoms with E-state index in [0.29, 0.717) is 12.6 Å². The average molecular weight is 241 g/mol. The van der Waals surface area contributed by atoms with Gasteiger partial charge in [0.2, 0.25) is 5.91 Å². The van der Waals surface area contributed by atoms with Crippen molar-refractivity contribution in [2.45, 2.75) is 51.1 Å². The van der Waals surface area contributed by atoms with E-state index in [0.717, 1.165) is 13.0 Å². The molecule has 4 nitrogen and oxygen atoms in total. The third kappa shape index (κ3) is 3.96. The molecule has 1 unspecified atom stereocenters. The summed E-state index contributed by atoms with van der Waals surface area (Å²) in [6, 6.07) is 0.570. The Kier molecular flexibility index (Phi) is 5.92. The SMILES string of the molecule is CC(C(=O)N(C)C)N(CCCN)C1CCCC1. The third-order valence-electron chi connectivity index (χ3n) is 3.71. The summed E-state index contributed by atoms with van der Waals surface area (Å²) in [5, 5.41) is 0. The Labute approximate surface area is 105 Å². The zero-order chi connectivity index (χ0) is 12.8. The van der Waals surface area contributed by atoms with Crippen LogP contribution in [0.15, 0.2) is 0 Å². The average Bonchev–Trinajstić information content (AvgIpc) is 2.81. The Morgan fingerprint density at radius 3 is 2.41 bits per heavy atom. The van der Waals surface area contributed by atoms with Crippen molar-refractivity contribution < 1.29 is 4.79 Å². The van der Waals surface area contributed by atoms with Gasteiger partial charge in [0, 0.05) is 26.7 Å². The minimum absolute atomic E-state index is 0.0142. The lowest BCUT2D eigenvalue weighted by atomic mass is 10.1. The predicted molar refractivity (Wildman–Crippen MR) is 70.8 cm³/mol. The number of nitrogens with two attached hydrogens (primary N) is 1. The molecule has 0 aliphatic heterocycles. The fourth-order valence-corrected chi connectivity index (χ4v) is 2.72. The monoisotopic (exact) mass is 241 g/mol. The van der Waals surface area contributed by atoms with Gasteiger partial charge in [-0.15, -0.1) is 0 Å². The smallest absolute Gasteiger partial charge is 0.239 e.